The average molecular weight is 257 g/mol. The summed E-state index contributed by atoms with van der Waals surface area (Å²) in [7, 11) is 0. The van der Waals surface area contributed by atoms with Gasteiger partial charge < -0.3 is 5.73 Å². The zero-order chi connectivity index (χ0) is 12.5. The third-order valence-corrected chi connectivity index (χ3v) is 5.01. The van der Waals surface area contributed by atoms with Crippen molar-refractivity contribution in [3.63, 3.8) is 0 Å². The molecular formula is C16H19NS. The standard InChI is InChI=1S/C16H19NS/c1-11-7-8-18-16(11)15(17)10-12-5-6-13-3-2-4-14(13)9-12/h5-9,15H,2-4,10,17H2,1H3. The fourth-order valence-corrected chi connectivity index (χ4v) is 3.79. The molecule has 1 aromatic carbocycles. The van der Waals surface area contributed by atoms with Crippen LogP contribution in [0.15, 0.2) is 29.6 Å². The van der Waals surface area contributed by atoms with Gasteiger partial charge in [-0.05, 0) is 66.3 Å². The monoisotopic (exact) mass is 257 g/mol. The zero-order valence-electron chi connectivity index (χ0n) is 10.8. The van der Waals surface area contributed by atoms with Crippen LogP contribution < -0.4 is 5.73 Å². The molecule has 1 aliphatic rings. The van der Waals surface area contributed by atoms with Crippen LogP contribution >= 0.6 is 11.3 Å². The van der Waals surface area contributed by atoms with E-state index in [1.54, 1.807) is 22.5 Å². The average Bonchev–Trinajstić information content (AvgIpc) is 2.96. The molecule has 2 aromatic rings. The Morgan fingerprint density at radius 2 is 2.06 bits per heavy atom. The summed E-state index contributed by atoms with van der Waals surface area (Å²) in [6.07, 6.45) is 4.77. The first-order chi connectivity index (χ1) is 8.74. The Hall–Kier alpha value is -1.12. The minimum absolute atomic E-state index is 0.143. The lowest BCUT2D eigenvalue weighted by molar-refractivity contribution is 0.731. The molecule has 2 N–H and O–H groups in total. The van der Waals surface area contributed by atoms with E-state index in [1.165, 1.54) is 35.3 Å². The van der Waals surface area contributed by atoms with Gasteiger partial charge in [0.15, 0.2) is 0 Å². The molecule has 0 saturated heterocycles. The summed E-state index contributed by atoms with van der Waals surface area (Å²) >= 11 is 1.78. The molecule has 18 heavy (non-hydrogen) atoms. The third-order valence-electron chi connectivity index (χ3n) is 3.86. The SMILES string of the molecule is Cc1ccsc1C(N)Cc1ccc2c(c1)CCC2. The maximum Gasteiger partial charge on any atom is 0.0433 e. The largest absolute Gasteiger partial charge is 0.323 e. The van der Waals surface area contributed by atoms with Crippen LogP contribution in [0.2, 0.25) is 0 Å². The molecule has 1 atom stereocenters. The number of aryl methyl sites for hydroxylation is 3. The van der Waals surface area contributed by atoms with Crippen molar-refractivity contribution in [2.45, 2.75) is 38.6 Å². The van der Waals surface area contributed by atoms with E-state index in [2.05, 4.69) is 36.6 Å². The van der Waals surface area contributed by atoms with Gasteiger partial charge in [0.1, 0.15) is 0 Å². The molecule has 1 unspecified atom stereocenters. The lowest BCUT2D eigenvalue weighted by atomic mass is 10.00. The summed E-state index contributed by atoms with van der Waals surface area (Å²) in [6.45, 7) is 2.15. The zero-order valence-corrected chi connectivity index (χ0v) is 11.6. The van der Waals surface area contributed by atoms with Crippen molar-refractivity contribution < 1.29 is 0 Å². The van der Waals surface area contributed by atoms with Crippen LogP contribution in [0.1, 0.15) is 39.6 Å². The topological polar surface area (TPSA) is 26.0 Å². The summed E-state index contributed by atoms with van der Waals surface area (Å²) in [5, 5.41) is 2.13. The predicted molar refractivity (Wildman–Crippen MR) is 78.2 cm³/mol. The molecule has 94 valence electrons. The highest BCUT2D eigenvalue weighted by molar-refractivity contribution is 7.10. The van der Waals surface area contributed by atoms with Gasteiger partial charge in [0.05, 0.1) is 0 Å². The Morgan fingerprint density at radius 1 is 1.22 bits per heavy atom. The molecule has 0 aliphatic heterocycles. The molecular weight excluding hydrogens is 238 g/mol. The van der Waals surface area contributed by atoms with Gasteiger partial charge in [-0.1, -0.05) is 18.2 Å². The van der Waals surface area contributed by atoms with E-state index in [9.17, 15) is 0 Å². The highest BCUT2D eigenvalue weighted by atomic mass is 32.1. The molecule has 0 radical (unpaired) electrons. The van der Waals surface area contributed by atoms with E-state index in [0.29, 0.717) is 0 Å². The van der Waals surface area contributed by atoms with Gasteiger partial charge in [-0.2, -0.15) is 0 Å². The van der Waals surface area contributed by atoms with Crippen LogP contribution in [0.3, 0.4) is 0 Å². The lowest BCUT2D eigenvalue weighted by Crippen LogP contribution is -2.13. The molecule has 1 aromatic heterocycles. The van der Waals surface area contributed by atoms with Crippen LogP contribution in [-0.4, -0.2) is 0 Å². The van der Waals surface area contributed by atoms with Crippen molar-refractivity contribution in [1.82, 2.24) is 0 Å². The second-order valence-electron chi connectivity index (χ2n) is 5.24. The summed E-state index contributed by atoms with van der Waals surface area (Å²) in [4.78, 5) is 1.33. The molecule has 2 heteroatoms. The van der Waals surface area contributed by atoms with Gasteiger partial charge >= 0.3 is 0 Å². The van der Waals surface area contributed by atoms with Gasteiger partial charge in [0, 0.05) is 10.9 Å². The van der Waals surface area contributed by atoms with Gasteiger partial charge in [0.25, 0.3) is 0 Å². The second kappa shape index (κ2) is 4.87. The Morgan fingerprint density at radius 3 is 2.83 bits per heavy atom. The number of hydrogen-bond acceptors (Lipinski definition) is 2. The third kappa shape index (κ3) is 2.23. The van der Waals surface area contributed by atoms with Crippen LogP contribution in [0.5, 0.6) is 0 Å². The van der Waals surface area contributed by atoms with E-state index in [0.717, 1.165) is 6.42 Å². The number of rotatable bonds is 3. The van der Waals surface area contributed by atoms with Gasteiger partial charge in [0.2, 0.25) is 0 Å². The Balaban J connectivity index is 1.79. The first-order valence-electron chi connectivity index (χ1n) is 6.64. The number of fused-ring (bicyclic) bond motifs is 1. The minimum atomic E-state index is 0.143. The van der Waals surface area contributed by atoms with Crippen LogP contribution in [-0.2, 0) is 19.3 Å². The van der Waals surface area contributed by atoms with E-state index >= 15 is 0 Å². The maximum absolute atomic E-state index is 6.33. The summed E-state index contributed by atoms with van der Waals surface area (Å²) in [5.74, 6) is 0. The molecule has 1 aliphatic carbocycles. The Kier molecular flexibility index (Phi) is 3.23. The highest BCUT2D eigenvalue weighted by Gasteiger charge is 2.14. The van der Waals surface area contributed by atoms with Gasteiger partial charge in [-0.3, -0.25) is 0 Å². The van der Waals surface area contributed by atoms with E-state index in [1.807, 2.05) is 0 Å². The second-order valence-corrected chi connectivity index (χ2v) is 6.18. The summed E-state index contributed by atoms with van der Waals surface area (Å²) in [6, 6.07) is 9.22. The van der Waals surface area contributed by atoms with Gasteiger partial charge in [-0.15, -0.1) is 11.3 Å². The van der Waals surface area contributed by atoms with Crippen molar-refractivity contribution in [3.05, 3.63) is 56.8 Å². The minimum Gasteiger partial charge on any atom is -0.323 e. The summed E-state index contributed by atoms with van der Waals surface area (Å²) < 4.78 is 0. The maximum atomic E-state index is 6.33. The highest BCUT2D eigenvalue weighted by Crippen LogP contribution is 2.27. The predicted octanol–water partition coefficient (Wildman–Crippen LogP) is 3.79. The van der Waals surface area contributed by atoms with Crippen molar-refractivity contribution >= 4 is 11.3 Å². The van der Waals surface area contributed by atoms with Gasteiger partial charge in [-0.25, -0.2) is 0 Å². The number of benzene rings is 1. The fraction of sp³-hybridized carbons (Fsp3) is 0.375. The lowest BCUT2D eigenvalue weighted by Gasteiger charge is -2.12. The molecule has 0 fully saturated rings. The van der Waals surface area contributed by atoms with Crippen LogP contribution in [0, 0.1) is 6.92 Å². The quantitative estimate of drug-likeness (QED) is 0.889. The number of hydrogen-bond donors (Lipinski definition) is 1. The smallest absolute Gasteiger partial charge is 0.0433 e. The molecule has 0 amide bonds. The van der Waals surface area contributed by atoms with Crippen LogP contribution in [0.25, 0.3) is 0 Å². The molecule has 0 spiro atoms. The fourth-order valence-electron chi connectivity index (χ4n) is 2.86. The first-order valence-corrected chi connectivity index (χ1v) is 7.52. The Bertz CT molecular complexity index is 556. The van der Waals surface area contributed by atoms with E-state index in [-0.39, 0.29) is 6.04 Å². The van der Waals surface area contributed by atoms with E-state index < -0.39 is 0 Å². The summed E-state index contributed by atoms with van der Waals surface area (Å²) in [5.41, 5.74) is 12.1. The van der Waals surface area contributed by atoms with E-state index in [4.69, 9.17) is 5.73 Å². The van der Waals surface area contributed by atoms with Crippen molar-refractivity contribution in [2.75, 3.05) is 0 Å². The molecule has 1 nitrogen and oxygen atoms in total. The number of nitrogens with two attached hydrogens (primary N) is 1. The van der Waals surface area contributed by atoms with Crippen molar-refractivity contribution in [3.8, 4) is 0 Å². The first kappa shape index (κ1) is 11.9. The van der Waals surface area contributed by atoms with Crippen LogP contribution in [0.4, 0.5) is 0 Å². The Labute approximate surface area is 113 Å². The molecule has 0 saturated carbocycles. The van der Waals surface area contributed by atoms with Crippen molar-refractivity contribution in [1.29, 1.82) is 0 Å². The molecule has 1 heterocycles. The molecule has 0 bridgehead atoms. The normalized spacial score (nSPS) is 15.7. The number of thiophene rings is 1. The molecule has 3 rings (SSSR count). The van der Waals surface area contributed by atoms with Crippen molar-refractivity contribution in [2.24, 2.45) is 5.73 Å².